The number of hydrogen-bond donors (Lipinski definition) is 0. The van der Waals surface area contributed by atoms with E-state index in [1.165, 1.54) is 6.42 Å². The Morgan fingerprint density at radius 3 is 2.69 bits per heavy atom. The Labute approximate surface area is 115 Å². The molecule has 0 nitrogen and oxygen atoms in total. The lowest BCUT2D eigenvalue weighted by Crippen LogP contribution is -2.23. The van der Waals surface area contributed by atoms with Gasteiger partial charge in [0.15, 0.2) is 0 Å². The molecule has 4 heteroatoms. The van der Waals surface area contributed by atoms with Gasteiger partial charge >= 0.3 is 0 Å². The van der Waals surface area contributed by atoms with Crippen LogP contribution in [-0.4, -0.2) is 9.71 Å². The minimum absolute atomic E-state index is 0.0328. The monoisotopic (exact) mass is 296 g/mol. The second-order valence-corrected chi connectivity index (χ2v) is 8.15. The van der Waals surface area contributed by atoms with Gasteiger partial charge in [-0.25, -0.2) is 0 Å². The van der Waals surface area contributed by atoms with Crippen molar-refractivity contribution in [1.29, 1.82) is 0 Å². The molecule has 0 aromatic heterocycles. The average Bonchev–Trinajstić information content (AvgIpc) is 2.63. The van der Waals surface area contributed by atoms with Crippen LogP contribution in [0.2, 0.25) is 0 Å². The van der Waals surface area contributed by atoms with Crippen molar-refractivity contribution in [1.82, 2.24) is 0 Å². The summed E-state index contributed by atoms with van der Waals surface area (Å²) >= 11 is 25.2. The molecule has 0 spiro atoms. The minimum atomic E-state index is -0.444. The van der Waals surface area contributed by atoms with Crippen LogP contribution in [-0.2, 0) is 0 Å². The van der Waals surface area contributed by atoms with E-state index in [0.29, 0.717) is 35.5 Å². The van der Waals surface area contributed by atoms with Gasteiger partial charge in [0, 0.05) is 11.0 Å². The second-order valence-electron chi connectivity index (χ2n) is 5.80. The number of fused-ring (bicyclic) bond motifs is 7. The maximum Gasteiger partial charge on any atom is 0.125 e. The summed E-state index contributed by atoms with van der Waals surface area (Å²) in [6.07, 6.45) is 4.52. The summed E-state index contributed by atoms with van der Waals surface area (Å²) in [5, 5.41) is 0.884. The Kier molecular flexibility index (Phi) is 2.07. The molecule has 4 rings (SSSR count). The van der Waals surface area contributed by atoms with E-state index in [4.69, 9.17) is 46.4 Å². The van der Waals surface area contributed by atoms with E-state index in [0.717, 1.165) is 11.5 Å². The lowest BCUT2D eigenvalue weighted by Gasteiger charge is -2.25. The second kappa shape index (κ2) is 3.07. The summed E-state index contributed by atoms with van der Waals surface area (Å²) in [5.74, 6) is 3.50. The molecule has 2 bridgehead atoms. The fourth-order valence-corrected chi connectivity index (χ4v) is 6.27. The van der Waals surface area contributed by atoms with Crippen molar-refractivity contribution in [3.8, 4) is 0 Å². The lowest BCUT2D eigenvalue weighted by atomic mass is 9.86. The summed E-state index contributed by atoms with van der Waals surface area (Å²) in [5.41, 5.74) is 0. The van der Waals surface area contributed by atoms with Gasteiger partial charge in [0.25, 0.3) is 0 Å². The van der Waals surface area contributed by atoms with E-state index in [1.807, 2.05) is 0 Å². The lowest BCUT2D eigenvalue weighted by molar-refractivity contribution is 0.309. The zero-order chi connectivity index (χ0) is 11.2. The molecule has 0 N–H and O–H groups in total. The normalized spacial score (nSPS) is 60.2. The Morgan fingerprint density at radius 2 is 1.94 bits per heavy atom. The Balaban J connectivity index is 1.72. The van der Waals surface area contributed by atoms with Crippen molar-refractivity contribution >= 4 is 46.4 Å². The molecule has 0 saturated heterocycles. The first-order valence-corrected chi connectivity index (χ1v) is 7.48. The van der Waals surface area contributed by atoms with Gasteiger partial charge in [0.1, 0.15) is 4.33 Å². The van der Waals surface area contributed by atoms with Crippen LogP contribution in [0.3, 0.4) is 0 Å². The molecule has 88 valence electrons. The third kappa shape index (κ3) is 1.11. The van der Waals surface area contributed by atoms with Crippen LogP contribution in [0, 0.1) is 35.5 Å². The summed E-state index contributed by atoms with van der Waals surface area (Å²) in [7, 11) is 0. The quantitative estimate of drug-likeness (QED) is 0.581. The third-order valence-electron chi connectivity index (χ3n) is 5.30. The van der Waals surface area contributed by atoms with Gasteiger partial charge < -0.3 is 0 Å². The van der Waals surface area contributed by atoms with Crippen LogP contribution >= 0.6 is 46.4 Å². The van der Waals surface area contributed by atoms with Crippen molar-refractivity contribution < 1.29 is 0 Å². The molecule has 4 aliphatic carbocycles. The number of rotatable bonds is 0. The van der Waals surface area contributed by atoms with Gasteiger partial charge in [-0.15, -0.1) is 34.8 Å². The van der Waals surface area contributed by atoms with Crippen LogP contribution in [0.15, 0.2) is 11.1 Å². The van der Waals surface area contributed by atoms with E-state index in [2.05, 4.69) is 6.08 Å². The highest BCUT2D eigenvalue weighted by atomic mass is 35.5. The van der Waals surface area contributed by atoms with Gasteiger partial charge in [0.05, 0.1) is 5.38 Å². The Morgan fingerprint density at radius 1 is 1.19 bits per heavy atom. The molecular weight excluding hydrogens is 286 g/mol. The van der Waals surface area contributed by atoms with Crippen LogP contribution in [0.4, 0.5) is 0 Å². The first-order chi connectivity index (χ1) is 7.51. The molecular formula is C12H12Cl4. The molecule has 0 aliphatic heterocycles. The average molecular weight is 298 g/mol. The fourth-order valence-electron chi connectivity index (χ4n) is 4.67. The maximum atomic E-state index is 6.39. The Hall–Kier alpha value is 0.900. The molecule has 0 amide bonds. The van der Waals surface area contributed by atoms with Gasteiger partial charge in [-0.05, 0) is 42.4 Å². The van der Waals surface area contributed by atoms with Crippen LogP contribution in [0.5, 0.6) is 0 Å². The van der Waals surface area contributed by atoms with Crippen LogP contribution in [0.25, 0.3) is 0 Å². The third-order valence-corrected chi connectivity index (χ3v) is 7.40. The van der Waals surface area contributed by atoms with Crippen molar-refractivity contribution in [2.24, 2.45) is 35.5 Å². The molecule has 3 saturated carbocycles. The van der Waals surface area contributed by atoms with E-state index < -0.39 is 4.33 Å². The number of alkyl halides is 3. The van der Waals surface area contributed by atoms with Gasteiger partial charge in [0.2, 0.25) is 0 Å². The Bertz CT molecular complexity index is 388. The number of halogens is 4. The highest BCUT2D eigenvalue weighted by Crippen LogP contribution is 2.76. The van der Waals surface area contributed by atoms with E-state index in [1.54, 1.807) is 0 Å². The molecule has 0 aromatic rings. The maximum absolute atomic E-state index is 6.39. The zero-order valence-corrected chi connectivity index (χ0v) is 11.6. The molecule has 0 aromatic carbocycles. The molecule has 7 atom stereocenters. The molecule has 5 unspecified atom stereocenters. The van der Waals surface area contributed by atoms with E-state index in [9.17, 15) is 0 Å². The van der Waals surface area contributed by atoms with Crippen molar-refractivity contribution in [2.45, 2.75) is 22.6 Å². The SMILES string of the molecule is ClC1=CC2CC([C@@H]3CC4C(C23)C4(Cl)Cl)[C@H]1Cl. The first-order valence-electron chi connectivity index (χ1n) is 5.91. The molecule has 3 fully saturated rings. The number of hydrogen-bond acceptors (Lipinski definition) is 0. The summed E-state index contributed by atoms with van der Waals surface area (Å²) < 4.78 is -0.444. The van der Waals surface area contributed by atoms with Crippen molar-refractivity contribution in [3.05, 3.63) is 11.1 Å². The van der Waals surface area contributed by atoms with Gasteiger partial charge in [-0.3, -0.25) is 0 Å². The molecule has 0 radical (unpaired) electrons. The predicted octanol–water partition coefficient (Wildman–Crippen LogP) is 4.42. The van der Waals surface area contributed by atoms with Gasteiger partial charge in [-0.1, -0.05) is 17.7 Å². The highest BCUT2D eigenvalue weighted by molar-refractivity contribution is 6.51. The largest absolute Gasteiger partial charge is 0.125 e. The van der Waals surface area contributed by atoms with Gasteiger partial charge in [-0.2, -0.15) is 0 Å². The predicted molar refractivity (Wildman–Crippen MR) is 68.2 cm³/mol. The zero-order valence-electron chi connectivity index (χ0n) is 8.54. The van der Waals surface area contributed by atoms with Crippen LogP contribution in [0.1, 0.15) is 12.8 Å². The van der Waals surface area contributed by atoms with E-state index in [-0.39, 0.29) is 5.38 Å². The topological polar surface area (TPSA) is 0 Å². The molecule has 16 heavy (non-hydrogen) atoms. The standard InChI is InChI=1S/C12H12Cl4/c13-8-2-4-1-6(11(8)14)5-3-7-10(9(4)5)12(7,15)16/h2,4-7,9-11H,1,3H2/t4?,5-,6?,7?,9?,10?,11+/m0/s1. The van der Waals surface area contributed by atoms with Crippen molar-refractivity contribution in [2.75, 3.05) is 0 Å². The summed E-state index contributed by atoms with van der Waals surface area (Å²) in [4.78, 5) is 0. The molecule has 0 heterocycles. The minimum Gasteiger partial charge on any atom is -0.117 e. The smallest absolute Gasteiger partial charge is 0.117 e. The van der Waals surface area contributed by atoms with Crippen LogP contribution < -0.4 is 0 Å². The van der Waals surface area contributed by atoms with E-state index >= 15 is 0 Å². The fraction of sp³-hybridized carbons (Fsp3) is 0.833. The highest BCUT2D eigenvalue weighted by Gasteiger charge is 2.75. The number of allylic oxidation sites excluding steroid dienone is 2. The van der Waals surface area contributed by atoms with Crippen molar-refractivity contribution in [3.63, 3.8) is 0 Å². The first kappa shape index (κ1) is 10.8. The summed E-state index contributed by atoms with van der Waals surface area (Å²) in [6.45, 7) is 0. The molecule has 4 aliphatic rings. The summed E-state index contributed by atoms with van der Waals surface area (Å²) in [6, 6.07) is 0.